The smallest absolute Gasteiger partial charge is 0.256 e. The number of nitrogens with one attached hydrogen (secondary N) is 1. The number of imide groups is 1. The highest BCUT2D eigenvalue weighted by molar-refractivity contribution is 6.23. The molecule has 1 aliphatic rings. The van der Waals surface area contributed by atoms with Crippen LogP contribution in [0.5, 0.6) is 5.75 Å². The van der Waals surface area contributed by atoms with Gasteiger partial charge in [0.1, 0.15) is 17.6 Å². The van der Waals surface area contributed by atoms with Crippen LogP contribution in [0.2, 0.25) is 0 Å². The molecular weight excluding hydrogens is 299 g/mol. The first-order valence-corrected chi connectivity index (χ1v) is 7.11. The Kier molecular flexibility index (Phi) is 3.97. The predicted octanol–water partition coefficient (Wildman–Crippen LogP) is 2.58. The first kappa shape index (κ1) is 15.0. The van der Waals surface area contributed by atoms with Gasteiger partial charge < -0.3 is 10.1 Å². The van der Waals surface area contributed by atoms with Crippen LogP contribution in [0, 0.1) is 5.82 Å². The number of rotatable bonds is 4. The quantitative estimate of drug-likeness (QED) is 0.881. The Hall–Kier alpha value is -2.89. The molecule has 0 radical (unpaired) electrons. The lowest BCUT2D eigenvalue weighted by Gasteiger charge is -2.16. The molecule has 2 aromatic carbocycles. The standard InChI is InChI=1S/C17H15FN2O3/c1-23-14-8-4-12(5-9-14)19-15-10-16(21)20(17(15)22)13-6-2-11(18)3-7-13/h2-9,15,19H,10H2,1H3/t15-/m1/s1. The molecule has 1 fully saturated rings. The molecule has 3 rings (SSSR count). The fraction of sp³-hybridized carbons (Fsp3) is 0.176. The summed E-state index contributed by atoms with van der Waals surface area (Å²) in [5, 5.41) is 3.04. The molecule has 1 saturated heterocycles. The zero-order valence-corrected chi connectivity index (χ0v) is 12.5. The van der Waals surface area contributed by atoms with Crippen LogP contribution in [0.4, 0.5) is 15.8 Å². The van der Waals surface area contributed by atoms with Gasteiger partial charge in [0.15, 0.2) is 0 Å². The van der Waals surface area contributed by atoms with E-state index >= 15 is 0 Å². The average molecular weight is 314 g/mol. The van der Waals surface area contributed by atoms with Crippen molar-refractivity contribution in [2.75, 3.05) is 17.3 Å². The van der Waals surface area contributed by atoms with Gasteiger partial charge in [-0.1, -0.05) is 0 Å². The lowest BCUT2D eigenvalue weighted by molar-refractivity contribution is -0.121. The maximum absolute atomic E-state index is 13.0. The lowest BCUT2D eigenvalue weighted by Crippen LogP contribution is -2.34. The highest BCUT2D eigenvalue weighted by Crippen LogP contribution is 2.25. The van der Waals surface area contributed by atoms with E-state index in [1.54, 1.807) is 31.4 Å². The second-order valence-electron chi connectivity index (χ2n) is 5.17. The van der Waals surface area contributed by atoms with Crippen molar-refractivity contribution in [3.05, 3.63) is 54.3 Å². The summed E-state index contributed by atoms with van der Waals surface area (Å²) in [5.74, 6) is -0.372. The Morgan fingerprint density at radius 2 is 1.74 bits per heavy atom. The lowest BCUT2D eigenvalue weighted by atomic mass is 10.2. The van der Waals surface area contributed by atoms with Crippen LogP contribution < -0.4 is 15.0 Å². The Balaban J connectivity index is 1.76. The second kappa shape index (κ2) is 6.08. The van der Waals surface area contributed by atoms with Crippen LogP contribution in [-0.2, 0) is 9.59 Å². The van der Waals surface area contributed by atoms with Crippen molar-refractivity contribution in [2.45, 2.75) is 12.5 Å². The third kappa shape index (κ3) is 3.01. The van der Waals surface area contributed by atoms with Crippen molar-refractivity contribution in [1.82, 2.24) is 0 Å². The van der Waals surface area contributed by atoms with E-state index in [-0.39, 0.29) is 18.2 Å². The van der Waals surface area contributed by atoms with E-state index in [0.29, 0.717) is 11.4 Å². The summed E-state index contributed by atoms with van der Waals surface area (Å²) in [5.41, 5.74) is 1.10. The molecule has 2 amide bonds. The van der Waals surface area contributed by atoms with Crippen LogP contribution in [0.3, 0.4) is 0 Å². The van der Waals surface area contributed by atoms with Gasteiger partial charge in [-0.2, -0.15) is 0 Å². The van der Waals surface area contributed by atoms with E-state index in [1.165, 1.54) is 24.3 Å². The number of halogens is 1. The minimum absolute atomic E-state index is 0.0578. The second-order valence-corrected chi connectivity index (χ2v) is 5.17. The van der Waals surface area contributed by atoms with Crippen molar-refractivity contribution < 1.29 is 18.7 Å². The molecule has 0 saturated carbocycles. The summed E-state index contributed by atoms with van der Waals surface area (Å²) in [6.45, 7) is 0. The topological polar surface area (TPSA) is 58.6 Å². The molecule has 1 atom stereocenters. The third-order valence-electron chi connectivity index (χ3n) is 3.66. The zero-order chi connectivity index (χ0) is 16.4. The van der Waals surface area contributed by atoms with Crippen LogP contribution >= 0.6 is 0 Å². The molecule has 1 heterocycles. The number of benzene rings is 2. The van der Waals surface area contributed by atoms with E-state index < -0.39 is 11.9 Å². The fourth-order valence-electron chi connectivity index (χ4n) is 2.49. The number of methoxy groups -OCH3 is 1. The molecule has 1 aliphatic heterocycles. The van der Waals surface area contributed by atoms with Crippen molar-refractivity contribution in [3.8, 4) is 5.75 Å². The molecule has 118 valence electrons. The largest absolute Gasteiger partial charge is 0.497 e. The molecule has 0 aromatic heterocycles. The van der Waals surface area contributed by atoms with Gasteiger partial charge in [0.2, 0.25) is 5.91 Å². The van der Waals surface area contributed by atoms with Gasteiger partial charge in [-0.3, -0.25) is 9.59 Å². The first-order valence-electron chi connectivity index (χ1n) is 7.11. The third-order valence-corrected chi connectivity index (χ3v) is 3.66. The summed E-state index contributed by atoms with van der Waals surface area (Å²) in [4.78, 5) is 25.7. The van der Waals surface area contributed by atoms with Crippen molar-refractivity contribution >= 4 is 23.2 Å². The Morgan fingerprint density at radius 1 is 1.09 bits per heavy atom. The van der Waals surface area contributed by atoms with Crippen molar-refractivity contribution in [3.63, 3.8) is 0 Å². The number of carbonyl (C=O) groups is 2. The first-order chi connectivity index (χ1) is 11.1. The van der Waals surface area contributed by atoms with E-state index in [4.69, 9.17) is 4.74 Å². The van der Waals surface area contributed by atoms with Crippen LogP contribution in [-0.4, -0.2) is 25.0 Å². The summed E-state index contributed by atoms with van der Waals surface area (Å²) in [6.07, 6.45) is 0.0578. The SMILES string of the molecule is COc1ccc(N[C@@H]2CC(=O)N(c3ccc(F)cc3)C2=O)cc1. The Bertz CT molecular complexity index is 729. The Morgan fingerprint density at radius 3 is 2.35 bits per heavy atom. The molecular formula is C17H15FN2O3. The van der Waals surface area contributed by atoms with Gasteiger partial charge in [0.25, 0.3) is 5.91 Å². The Labute approximate surface area is 132 Å². The zero-order valence-electron chi connectivity index (χ0n) is 12.5. The summed E-state index contributed by atoms with van der Waals surface area (Å²) in [7, 11) is 1.57. The molecule has 23 heavy (non-hydrogen) atoms. The van der Waals surface area contributed by atoms with Gasteiger partial charge in [-0.15, -0.1) is 0 Å². The number of ether oxygens (including phenoxy) is 1. The molecule has 0 unspecified atom stereocenters. The van der Waals surface area contributed by atoms with Crippen molar-refractivity contribution in [1.29, 1.82) is 0 Å². The summed E-state index contributed by atoms with van der Waals surface area (Å²) >= 11 is 0. The normalized spacial score (nSPS) is 17.5. The number of hydrogen-bond donors (Lipinski definition) is 1. The van der Waals surface area contributed by atoms with Crippen LogP contribution in [0.25, 0.3) is 0 Å². The number of anilines is 2. The van der Waals surface area contributed by atoms with Crippen molar-refractivity contribution in [2.24, 2.45) is 0 Å². The number of amides is 2. The van der Waals surface area contributed by atoms with E-state index in [2.05, 4.69) is 5.32 Å². The van der Waals surface area contributed by atoms with E-state index in [0.717, 1.165) is 10.6 Å². The molecule has 0 spiro atoms. The minimum atomic E-state index is -0.638. The molecule has 1 N–H and O–H groups in total. The van der Waals surface area contributed by atoms with Crippen LogP contribution in [0.1, 0.15) is 6.42 Å². The van der Waals surface area contributed by atoms with Gasteiger partial charge in [-0.05, 0) is 48.5 Å². The van der Waals surface area contributed by atoms with Gasteiger partial charge in [0.05, 0.1) is 19.2 Å². The molecule has 0 bridgehead atoms. The molecule has 5 nitrogen and oxygen atoms in total. The van der Waals surface area contributed by atoms with Gasteiger partial charge in [0, 0.05) is 5.69 Å². The molecule has 2 aromatic rings. The van der Waals surface area contributed by atoms with Gasteiger partial charge in [-0.25, -0.2) is 9.29 Å². The number of nitrogens with zero attached hydrogens (tertiary/aromatic N) is 1. The van der Waals surface area contributed by atoms with E-state index in [1.807, 2.05) is 0 Å². The maximum atomic E-state index is 13.0. The summed E-state index contributed by atoms with van der Waals surface area (Å²) in [6, 6.07) is 11.7. The minimum Gasteiger partial charge on any atom is -0.497 e. The maximum Gasteiger partial charge on any atom is 0.256 e. The summed E-state index contributed by atoms with van der Waals surface area (Å²) < 4.78 is 18.1. The fourth-order valence-corrected chi connectivity index (χ4v) is 2.49. The number of carbonyl (C=O) groups excluding carboxylic acids is 2. The highest BCUT2D eigenvalue weighted by Gasteiger charge is 2.39. The number of hydrogen-bond acceptors (Lipinski definition) is 4. The molecule has 6 heteroatoms. The molecule has 0 aliphatic carbocycles. The van der Waals surface area contributed by atoms with Gasteiger partial charge >= 0.3 is 0 Å². The highest BCUT2D eigenvalue weighted by atomic mass is 19.1. The van der Waals surface area contributed by atoms with E-state index in [9.17, 15) is 14.0 Å². The average Bonchev–Trinajstić information content (AvgIpc) is 2.83. The predicted molar refractivity (Wildman–Crippen MR) is 83.9 cm³/mol. The van der Waals surface area contributed by atoms with Crippen LogP contribution in [0.15, 0.2) is 48.5 Å². The monoisotopic (exact) mass is 314 g/mol.